The molecule has 0 aromatic carbocycles. The van der Waals surface area contributed by atoms with Crippen LogP contribution in [0.3, 0.4) is 0 Å². The number of carbonyl (C=O) groups excluding carboxylic acids is 1. The molecule has 0 aromatic rings. The summed E-state index contributed by atoms with van der Waals surface area (Å²) in [4.78, 5) is 10.3. The molecule has 4 heteroatoms. The number of ether oxygens (including phenoxy) is 1. The first-order chi connectivity index (χ1) is 5.08. The standard InChI is InChI=1S/C7H11NO3/c1-5-2-7(3-5,4-9)11-6(8)10/h9H,1-4H2,(H2,8,10). The highest BCUT2D eigenvalue weighted by Gasteiger charge is 2.42. The number of hydrogen-bond acceptors (Lipinski definition) is 3. The largest absolute Gasteiger partial charge is 0.440 e. The van der Waals surface area contributed by atoms with Crippen LogP contribution in [0, 0.1) is 0 Å². The van der Waals surface area contributed by atoms with Crippen LogP contribution in [-0.2, 0) is 4.74 Å². The maximum absolute atomic E-state index is 10.3. The zero-order chi connectivity index (χ0) is 8.48. The van der Waals surface area contributed by atoms with Crippen LogP contribution in [0.15, 0.2) is 12.2 Å². The predicted octanol–water partition coefficient (Wildman–Crippen LogP) is 0.163. The van der Waals surface area contributed by atoms with Crippen molar-refractivity contribution in [1.29, 1.82) is 0 Å². The van der Waals surface area contributed by atoms with Crippen molar-refractivity contribution in [2.45, 2.75) is 18.4 Å². The molecular formula is C7H11NO3. The number of carbonyl (C=O) groups is 1. The molecule has 1 fully saturated rings. The Morgan fingerprint density at radius 1 is 1.82 bits per heavy atom. The summed E-state index contributed by atoms with van der Waals surface area (Å²) in [5.41, 5.74) is 5.02. The Morgan fingerprint density at radius 2 is 2.36 bits per heavy atom. The summed E-state index contributed by atoms with van der Waals surface area (Å²) in [5, 5.41) is 8.83. The Bertz CT molecular complexity index is 192. The number of primary amides is 1. The van der Waals surface area contributed by atoms with Crippen LogP contribution in [0.4, 0.5) is 4.79 Å². The van der Waals surface area contributed by atoms with E-state index in [-0.39, 0.29) is 6.61 Å². The van der Waals surface area contributed by atoms with Gasteiger partial charge >= 0.3 is 6.09 Å². The van der Waals surface area contributed by atoms with Gasteiger partial charge in [0.1, 0.15) is 5.60 Å². The lowest BCUT2D eigenvalue weighted by atomic mass is 9.77. The zero-order valence-corrected chi connectivity index (χ0v) is 6.17. The third kappa shape index (κ3) is 1.51. The summed E-state index contributed by atoms with van der Waals surface area (Å²) in [6, 6.07) is 0. The van der Waals surface area contributed by atoms with E-state index < -0.39 is 11.7 Å². The van der Waals surface area contributed by atoms with Gasteiger partial charge in [0, 0.05) is 12.8 Å². The molecule has 0 aromatic heterocycles. The molecule has 4 nitrogen and oxygen atoms in total. The first kappa shape index (κ1) is 8.07. The van der Waals surface area contributed by atoms with E-state index in [4.69, 9.17) is 15.6 Å². The van der Waals surface area contributed by atoms with Crippen LogP contribution in [0.1, 0.15) is 12.8 Å². The molecule has 1 amide bonds. The molecule has 1 rings (SSSR count). The molecule has 0 unspecified atom stereocenters. The summed E-state index contributed by atoms with van der Waals surface area (Å²) in [7, 11) is 0. The van der Waals surface area contributed by atoms with Crippen LogP contribution in [0.25, 0.3) is 0 Å². The molecule has 62 valence electrons. The monoisotopic (exact) mass is 157 g/mol. The van der Waals surface area contributed by atoms with Gasteiger partial charge in [0.15, 0.2) is 0 Å². The molecule has 0 radical (unpaired) electrons. The van der Waals surface area contributed by atoms with Crippen LogP contribution in [0.5, 0.6) is 0 Å². The fraction of sp³-hybridized carbons (Fsp3) is 0.571. The van der Waals surface area contributed by atoms with Gasteiger partial charge in [-0.05, 0) is 0 Å². The van der Waals surface area contributed by atoms with Gasteiger partial charge in [0.25, 0.3) is 0 Å². The lowest BCUT2D eigenvalue weighted by molar-refractivity contribution is -0.0527. The molecule has 0 saturated heterocycles. The Kier molecular flexibility index (Phi) is 1.87. The first-order valence-corrected chi connectivity index (χ1v) is 3.34. The Morgan fingerprint density at radius 3 is 2.64 bits per heavy atom. The Hall–Kier alpha value is -1.03. The van der Waals surface area contributed by atoms with Gasteiger partial charge < -0.3 is 15.6 Å². The number of rotatable bonds is 2. The van der Waals surface area contributed by atoms with Crippen LogP contribution in [0.2, 0.25) is 0 Å². The van der Waals surface area contributed by atoms with Crippen LogP contribution >= 0.6 is 0 Å². The zero-order valence-electron chi connectivity index (χ0n) is 6.17. The van der Waals surface area contributed by atoms with Gasteiger partial charge in [-0.2, -0.15) is 0 Å². The van der Waals surface area contributed by atoms with Gasteiger partial charge in [-0.25, -0.2) is 4.79 Å². The van der Waals surface area contributed by atoms with E-state index in [0.29, 0.717) is 12.8 Å². The average Bonchev–Trinajstić information content (AvgIpc) is 1.82. The second-order valence-electron chi connectivity index (χ2n) is 2.87. The van der Waals surface area contributed by atoms with Crippen molar-refractivity contribution in [2.75, 3.05) is 6.61 Å². The van der Waals surface area contributed by atoms with Gasteiger partial charge in [-0.15, -0.1) is 0 Å². The minimum atomic E-state index is -0.841. The van der Waals surface area contributed by atoms with E-state index in [1.165, 1.54) is 0 Å². The molecule has 1 aliphatic rings. The molecular weight excluding hydrogens is 146 g/mol. The van der Waals surface area contributed by atoms with Gasteiger partial charge in [-0.1, -0.05) is 12.2 Å². The van der Waals surface area contributed by atoms with Gasteiger partial charge in [0.05, 0.1) is 6.61 Å². The smallest absolute Gasteiger partial charge is 0.405 e. The molecule has 0 heterocycles. The van der Waals surface area contributed by atoms with Crippen molar-refractivity contribution in [1.82, 2.24) is 0 Å². The van der Waals surface area contributed by atoms with Crippen molar-refractivity contribution in [3.8, 4) is 0 Å². The summed E-state index contributed by atoms with van der Waals surface area (Å²) in [5.74, 6) is 0. The van der Waals surface area contributed by atoms with Crippen LogP contribution in [-0.4, -0.2) is 23.4 Å². The van der Waals surface area contributed by atoms with Gasteiger partial charge in [0.2, 0.25) is 0 Å². The van der Waals surface area contributed by atoms with Crippen molar-refractivity contribution in [3.05, 3.63) is 12.2 Å². The fourth-order valence-electron chi connectivity index (χ4n) is 1.29. The second-order valence-corrected chi connectivity index (χ2v) is 2.87. The predicted molar refractivity (Wildman–Crippen MR) is 38.9 cm³/mol. The van der Waals surface area contributed by atoms with E-state index in [9.17, 15) is 4.79 Å². The highest BCUT2D eigenvalue weighted by Crippen LogP contribution is 2.38. The van der Waals surface area contributed by atoms with Crippen molar-refractivity contribution >= 4 is 6.09 Å². The highest BCUT2D eigenvalue weighted by molar-refractivity contribution is 5.65. The first-order valence-electron chi connectivity index (χ1n) is 3.34. The summed E-state index contributed by atoms with van der Waals surface area (Å²) in [6.45, 7) is 3.48. The molecule has 3 N–H and O–H groups in total. The third-order valence-corrected chi connectivity index (χ3v) is 1.75. The Labute approximate surface area is 64.6 Å². The van der Waals surface area contributed by atoms with Gasteiger partial charge in [-0.3, -0.25) is 0 Å². The Balaban J connectivity index is 2.50. The SMILES string of the molecule is C=C1CC(CO)(OC(N)=O)C1. The molecule has 0 bridgehead atoms. The van der Waals surface area contributed by atoms with E-state index >= 15 is 0 Å². The number of nitrogens with two attached hydrogens (primary N) is 1. The maximum Gasteiger partial charge on any atom is 0.405 e. The number of aliphatic hydroxyl groups is 1. The summed E-state index contributed by atoms with van der Waals surface area (Å²) < 4.78 is 4.72. The van der Waals surface area contributed by atoms with Crippen molar-refractivity contribution in [2.24, 2.45) is 5.73 Å². The lowest BCUT2D eigenvalue weighted by Gasteiger charge is -2.40. The van der Waals surface area contributed by atoms with Crippen molar-refractivity contribution < 1.29 is 14.6 Å². The number of hydrogen-bond donors (Lipinski definition) is 2. The third-order valence-electron chi connectivity index (χ3n) is 1.75. The molecule has 0 atom stereocenters. The summed E-state index contributed by atoms with van der Waals surface area (Å²) >= 11 is 0. The second kappa shape index (κ2) is 2.54. The fourth-order valence-corrected chi connectivity index (χ4v) is 1.29. The molecule has 0 aliphatic heterocycles. The van der Waals surface area contributed by atoms with E-state index in [1.54, 1.807) is 0 Å². The minimum Gasteiger partial charge on any atom is -0.440 e. The maximum atomic E-state index is 10.3. The lowest BCUT2D eigenvalue weighted by Crippen LogP contribution is -2.47. The molecule has 1 saturated carbocycles. The van der Waals surface area contributed by atoms with E-state index in [1.807, 2.05) is 0 Å². The van der Waals surface area contributed by atoms with E-state index in [2.05, 4.69) is 6.58 Å². The molecule has 0 spiro atoms. The topological polar surface area (TPSA) is 72.6 Å². The quantitative estimate of drug-likeness (QED) is 0.561. The van der Waals surface area contributed by atoms with Crippen molar-refractivity contribution in [3.63, 3.8) is 0 Å². The molecule has 11 heavy (non-hydrogen) atoms. The number of amides is 1. The van der Waals surface area contributed by atoms with E-state index in [0.717, 1.165) is 5.57 Å². The van der Waals surface area contributed by atoms with Crippen LogP contribution < -0.4 is 5.73 Å². The normalized spacial score (nSPS) is 20.6. The summed E-state index contributed by atoms with van der Waals surface area (Å²) in [6.07, 6.45) is 0.199. The highest BCUT2D eigenvalue weighted by atomic mass is 16.6. The molecule has 1 aliphatic carbocycles. The number of aliphatic hydroxyl groups excluding tert-OH is 1. The minimum absolute atomic E-state index is 0.186. The average molecular weight is 157 g/mol.